The summed E-state index contributed by atoms with van der Waals surface area (Å²) in [5.41, 5.74) is 0.509. The van der Waals surface area contributed by atoms with Crippen LogP contribution in [0.25, 0.3) is 0 Å². The zero-order valence-corrected chi connectivity index (χ0v) is 19.7. The number of carbonyl (C=O) groups is 1. The van der Waals surface area contributed by atoms with Gasteiger partial charge in [-0.15, -0.1) is 24.0 Å². The zero-order valence-electron chi connectivity index (χ0n) is 17.4. The van der Waals surface area contributed by atoms with Crippen LogP contribution in [0, 0.1) is 0 Å². The van der Waals surface area contributed by atoms with E-state index >= 15 is 0 Å². The first-order valence-corrected chi connectivity index (χ1v) is 8.91. The Balaban J connectivity index is 0.00000392. The van der Waals surface area contributed by atoms with Gasteiger partial charge in [0.25, 0.3) is 0 Å². The predicted molar refractivity (Wildman–Crippen MR) is 120 cm³/mol. The van der Waals surface area contributed by atoms with Crippen LogP contribution in [-0.2, 0) is 11.3 Å². The van der Waals surface area contributed by atoms with Gasteiger partial charge in [0.2, 0.25) is 0 Å². The maximum absolute atomic E-state index is 12.0. The number of halogens is 1. The van der Waals surface area contributed by atoms with Crippen molar-refractivity contribution >= 4 is 36.0 Å². The molecule has 1 heterocycles. The predicted octanol–water partition coefficient (Wildman–Crippen LogP) is 2.61. The number of aliphatic imine (C=N–C) groups is 1. The van der Waals surface area contributed by atoms with Crippen molar-refractivity contribution in [2.45, 2.75) is 39.0 Å². The molecule has 9 heteroatoms. The van der Waals surface area contributed by atoms with E-state index in [1.54, 1.807) is 26.2 Å². The molecule has 0 aliphatic carbocycles. The number of hydrogen-bond acceptors (Lipinski definition) is 5. The van der Waals surface area contributed by atoms with Crippen LogP contribution in [0.3, 0.4) is 0 Å². The van der Waals surface area contributed by atoms with E-state index in [4.69, 9.17) is 14.2 Å². The van der Waals surface area contributed by atoms with Crippen molar-refractivity contribution in [1.82, 2.24) is 15.5 Å². The van der Waals surface area contributed by atoms with E-state index < -0.39 is 5.60 Å². The number of nitrogens with zero attached hydrogens (tertiary/aromatic N) is 2. The summed E-state index contributed by atoms with van der Waals surface area (Å²) in [4.78, 5) is 17.9. The molecule has 158 valence electrons. The number of ether oxygens (including phenoxy) is 3. The third kappa shape index (κ3) is 6.92. The number of rotatable bonds is 5. The number of methoxy groups -OCH3 is 2. The van der Waals surface area contributed by atoms with Crippen LogP contribution in [0.2, 0.25) is 0 Å². The van der Waals surface area contributed by atoms with Gasteiger partial charge < -0.3 is 29.7 Å². The summed E-state index contributed by atoms with van der Waals surface area (Å²) in [6.45, 7) is 7.30. The van der Waals surface area contributed by atoms with Crippen molar-refractivity contribution in [3.63, 3.8) is 0 Å². The Morgan fingerprint density at radius 3 is 2.46 bits per heavy atom. The molecule has 1 aliphatic rings. The number of likely N-dealkylation sites (tertiary alicyclic amines) is 1. The lowest BCUT2D eigenvalue weighted by Crippen LogP contribution is -2.63. The van der Waals surface area contributed by atoms with Crippen LogP contribution in [-0.4, -0.2) is 63.0 Å². The molecule has 0 atom stereocenters. The third-order valence-electron chi connectivity index (χ3n) is 4.04. The SMILES string of the molecule is CN=C(NCc1ccc(OC)cc1OC)NC1CN(C(=O)OC(C)(C)C)C1.I. The quantitative estimate of drug-likeness (QED) is 0.363. The van der Waals surface area contributed by atoms with Gasteiger partial charge in [-0.05, 0) is 32.9 Å². The van der Waals surface area contributed by atoms with Crippen LogP contribution >= 0.6 is 24.0 Å². The Morgan fingerprint density at radius 1 is 1.25 bits per heavy atom. The van der Waals surface area contributed by atoms with E-state index in [1.165, 1.54) is 0 Å². The summed E-state index contributed by atoms with van der Waals surface area (Å²) >= 11 is 0. The summed E-state index contributed by atoms with van der Waals surface area (Å²) in [6, 6.07) is 5.82. The fraction of sp³-hybridized carbons (Fsp3) is 0.579. The van der Waals surface area contributed by atoms with Gasteiger partial charge in [0.15, 0.2) is 5.96 Å². The number of carbonyl (C=O) groups excluding carboxylic acids is 1. The third-order valence-corrected chi connectivity index (χ3v) is 4.04. The zero-order chi connectivity index (χ0) is 20.0. The molecule has 1 aromatic carbocycles. The molecule has 0 bridgehead atoms. The second kappa shape index (κ2) is 10.6. The Labute approximate surface area is 184 Å². The van der Waals surface area contributed by atoms with E-state index in [2.05, 4.69) is 15.6 Å². The summed E-state index contributed by atoms with van der Waals surface area (Å²) < 4.78 is 16.0. The fourth-order valence-corrected chi connectivity index (χ4v) is 2.61. The number of amides is 1. The van der Waals surface area contributed by atoms with Crippen LogP contribution in [0.5, 0.6) is 11.5 Å². The van der Waals surface area contributed by atoms with Gasteiger partial charge in [-0.25, -0.2) is 4.79 Å². The summed E-state index contributed by atoms with van der Waals surface area (Å²) in [5, 5.41) is 6.57. The molecule has 0 saturated carbocycles. The van der Waals surface area contributed by atoms with Gasteiger partial charge in [-0.1, -0.05) is 0 Å². The number of guanidine groups is 1. The molecule has 1 aliphatic heterocycles. The maximum Gasteiger partial charge on any atom is 0.410 e. The summed E-state index contributed by atoms with van der Waals surface area (Å²) in [7, 11) is 4.97. The van der Waals surface area contributed by atoms with Gasteiger partial charge in [0.05, 0.1) is 20.3 Å². The number of benzene rings is 1. The molecule has 0 unspecified atom stereocenters. The molecule has 1 saturated heterocycles. The molecule has 28 heavy (non-hydrogen) atoms. The average Bonchev–Trinajstić information content (AvgIpc) is 2.58. The largest absolute Gasteiger partial charge is 0.497 e. The van der Waals surface area contributed by atoms with Crippen LogP contribution in [0.4, 0.5) is 4.79 Å². The highest BCUT2D eigenvalue weighted by Gasteiger charge is 2.34. The summed E-state index contributed by atoms with van der Waals surface area (Å²) in [6.07, 6.45) is -0.286. The Kier molecular flexibility index (Phi) is 9.12. The second-order valence-corrected chi connectivity index (χ2v) is 7.33. The van der Waals surface area contributed by atoms with E-state index in [1.807, 2.05) is 39.0 Å². The topological polar surface area (TPSA) is 84.4 Å². The van der Waals surface area contributed by atoms with Crippen LogP contribution in [0.1, 0.15) is 26.3 Å². The van der Waals surface area contributed by atoms with Gasteiger partial charge in [-0.2, -0.15) is 0 Å². The van der Waals surface area contributed by atoms with Crippen molar-refractivity contribution in [3.8, 4) is 11.5 Å². The van der Waals surface area contributed by atoms with Crippen LogP contribution in [0.15, 0.2) is 23.2 Å². The highest BCUT2D eigenvalue weighted by atomic mass is 127. The van der Waals surface area contributed by atoms with Gasteiger partial charge in [-0.3, -0.25) is 4.99 Å². The monoisotopic (exact) mass is 506 g/mol. The van der Waals surface area contributed by atoms with E-state index in [9.17, 15) is 4.79 Å². The number of hydrogen-bond donors (Lipinski definition) is 2. The van der Waals surface area contributed by atoms with E-state index in [0.717, 1.165) is 17.1 Å². The van der Waals surface area contributed by atoms with E-state index in [-0.39, 0.29) is 36.1 Å². The molecular weight excluding hydrogens is 475 g/mol. The van der Waals surface area contributed by atoms with E-state index in [0.29, 0.717) is 25.6 Å². The van der Waals surface area contributed by atoms with Crippen molar-refractivity contribution in [2.75, 3.05) is 34.4 Å². The lowest BCUT2D eigenvalue weighted by atomic mass is 10.1. The molecule has 8 nitrogen and oxygen atoms in total. The van der Waals surface area contributed by atoms with Crippen molar-refractivity contribution < 1.29 is 19.0 Å². The first kappa shape index (κ1) is 24.1. The Hall–Kier alpha value is -1.91. The molecule has 0 spiro atoms. The molecule has 0 radical (unpaired) electrons. The minimum absolute atomic E-state index is 0. The highest BCUT2D eigenvalue weighted by Crippen LogP contribution is 2.24. The normalized spacial score (nSPS) is 14.5. The standard InChI is InChI=1S/C19H30N4O4.HI/c1-19(2,3)27-18(24)23-11-14(12-23)22-17(20-4)21-10-13-7-8-15(25-5)9-16(13)26-6;/h7-9,14H,10-12H2,1-6H3,(H2,20,21,22);1H. The second-order valence-electron chi connectivity index (χ2n) is 7.33. The molecule has 0 aromatic heterocycles. The molecule has 1 fully saturated rings. The highest BCUT2D eigenvalue weighted by molar-refractivity contribution is 14.0. The Bertz CT molecular complexity index is 685. The minimum atomic E-state index is -0.482. The minimum Gasteiger partial charge on any atom is -0.497 e. The molecule has 2 rings (SSSR count). The summed E-state index contributed by atoms with van der Waals surface area (Å²) in [5.74, 6) is 2.16. The first-order valence-electron chi connectivity index (χ1n) is 8.91. The van der Waals surface area contributed by atoms with Crippen molar-refractivity contribution in [2.24, 2.45) is 4.99 Å². The van der Waals surface area contributed by atoms with Crippen molar-refractivity contribution in [1.29, 1.82) is 0 Å². The van der Waals surface area contributed by atoms with Crippen LogP contribution < -0.4 is 20.1 Å². The first-order chi connectivity index (χ1) is 12.8. The number of nitrogens with one attached hydrogen (secondary N) is 2. The molecule has 2 N–H and O–H groups in total. The smallest absolute Gasteiger partial charge is 0.410 e. The van der Waals surface area contributed by atoms with Gasteiger partial charge in [0, 0.05) is 38.3 Å². The molecular formula is C19H31IN4O4. The lowest BCUT2D eigenvalue weighted by molar-refractivity contribution is 0.00701. The van der Waals surface area contributed by atoms with Gasteiger partial charge >= 0.3 is 6.09 Å². The molecule has 1 amide bonds. The maximum atomic E-state index is 12.0. The fourth-order valence-electron chi connectivity index (χ4n) is 2.61. The van der Waals surface area contributed by atoms with Gasteiger partial charge in [0.1, 0.15) is 17.1 Å². The van der Waals surface area contributed by atoms with Crippen molar-refractivity contribution in [3.05, 3.63) is 23.8 Å². The lowest BCUT2D eigenvalue weighted by Gasteiger charge is -2.40. The average molecular weight is 506 g/mol. The molecule has 1 aromatic rings. The Morgan fingerprint density at radius 2 is 1.93 bits per heavy atom.